The molecular formula is C8H15N. The molecule has 0 unspecified atom stereocenters. The normalized spacial score (nSPS) is 12.6. The van der Waals surface area contributed by atoms with Crippen LogP contribution in [-0.4, -0.2) is 6.54 Å². The molecule has 1 N–H and O–H groups in total. The quantitative estimate of drug-likeness (QED) is 0.569. The minimum atomic E-state index is 0.990. The molecule has 0 spiro atoms. The van der Waals surface area contributed by atoms with Crippen LogP contribution in [0.4, 0.5) is 0 Å². The molecule has 0 radical (unpaired) electrons. The number of hydrogen-bond acceptors (Lipinski definition) is 1. The molecule has 0 aliphatic heterocycles. The highest BCUT2D eigenvalue weighted by atomic mass is 14.9. The van der Waals surface area contributed by atoms with Gasteiger partial charge in [0, 0.05) is 12.2 Å². The first-order valence-electron chi connectivity index (χ1n) is 3.38. The van der Waals surface area contributed by atoms with E-state index < -0.39 is 0 Å². The van der Waals surface area contributed by atoms with Crippen molar-refractivity contribution < 1.29 is 0 Å². The van der Waals surface area contributed by atoms with Gasteiger partial charge in [0.25, 0.3) is 0 Å². The molecule has 0 aromatic rings. The first-order chi connectivity index (χ1) is 4.35. The molecule has 0 heterocycles. The molecule has 0 atom stereocenters. The summed E-state index contributed by atoms with van der Waals surface area (Å²) in [7, 11) is 0. The second-order valence-electron chi connectivity index (χ2n) is 1.77. The fraction of sp³-hybridized carbons (Fsp3) is 0.500. The summed E-state index contributed by atoms with van der Waals surface area (Å²) in [4.78, 5) is 0. The molecule has 0 aliphatic carbocycles. The van der Waals surface area contributed by atoms with Gasteiger partial charge in [-0.15, -0.1) is 0 Å². The smallest absolute Gasteiger partial charge is 0.0293 e. The van der Waals surface area contributed by atoms with Gasteiger partial charge in [-0.05, 0) is 26.8 Å². The molecule has 1 nitrogen and oxygen atoms in total. The molecule has 0 amide bonds. The SMILES string of the molecule is C/C=C\C(=C\C)NCC. The van der Waals surface area contributed by atoms with Crippen molar-refractivity contribution in [3.63, 3.8) is 0 Å². The molecule has 0 saturated heterocycles. The molecule has 52 valence electrons. The minimum Gasteiger partial charge on any atom is -0.386 e. The topological polar surface area (TPSA) is 12.0 Å². The third kappa shape index (κ3) is 3.83. The molecular weight excluding hydrogens is 110 g/mol. The molecule has 0 rings (SSSR count). The summed E-state index contributed by atoms with van der Waals surface area (Å²) in [6, 6.07) is 0. The second kappa shape index (κ2) is 5.42. The maximum absolute atomic E-state index is 3.21. The van der Waals surface area contributed by atoms with E-state index in [-0.39, 0.29) is 0 Å². The first-order valence-corrected chi connectivity index (χ1v) is 3.38. The van der Waals surface area contributed by atoms with Crippen LogP contribution in [0.1, 0.15) is 20.8 Å². The largest absolute Gasteiger partial charge is 0.386 e. The van der Waals surface area contributed by atoms with Crippen LogP contribution in [0.25, 0.3) is 0 Å². The van der Waals surface area contributed by atoms with Crippen LogP contribution in [-0.2, 0) is 0 Å². The summed E-state index contributed by atoms with van der Waals surface area (Å²) in [6.07, 6.45) is 6.14. The van der Waals surface area contributed by atoms with E-state index in [2.05, 4.69) is 24.4 Å². The average molecular weight is 125 g/mol. The van der Waals surface area contributed by atoms with E-state index in [0.29, 0.717) is 0 Å². The van der Waals surface area contributed by atoms with Crippen molar-refractivity contribution in [2.24, 2.45) is 0 Å². The maximum atomic E-state index is 3.21. The van der Waals surface area contributed by atoms with E-state index in [4.69, 9.17) is 0 Å². The number of nitrogens with one attached hydrogen (secondary N) is 1. The van der Waals surface area contributed by atoms with Crippen molar-refractivity contribution in [2.75, 3.05) is 6.54 Å². The van der Waals surface area contributed by atoms with Gasteiger partial charge in [-0.25, -0.2) is 0 Å². The zero-order valence-corrected chi connectivity index (χ0v) is 6.44. The van der Waals surface area contributed by atoms with E-state index >= 15 is 0 Å². The van der Waals surface area contributed by atoms with Crippen molar-refractivity contribution in [1.29, 1.82) is 0 Å². The fourth-order valence-corrected chi connectivity index (χ4v) is 0.641. The average Bonchev–Trinajstić information content (AvgIpc) is 1.88. The lowest BCUT2D eigenvalue weighted by Gasteiger charge is -2.00. The summed E-state index contributed by atoms with van der Waals surface area (Å²) in [5.74, 6) is 0. The maximum Gasteiger partial charge on any atom is 0.0293 e. The van der Waals surface area contributed by atoms with Crippen LogP contribution in [0.2, 0.25) is 0 Å². The van der Waals surface area contributed by atoms with Gasteiger partial charge in [-0.3, -0.25) is 0 Å². The first kappa shape index (κ1) is 8.28. The van der Waals surface area contributed by atoms with E-state index in [9.17, 15) is 0 Å². The zero-order valence-electron chi connectivity index (χ0n) is 6.44. The number of likely N-dealkylation sites (N-methyl/N-ethyl adjacent to an activating group) is 1. The van der Waals surface area contributed by atoms with Crippen LogP contribution < -0.4 is 5.32 Å². The highest BCUT2D eigenvalue weighted by Crippen LogP contribution is 1.89. The molecule has 0 bridgehead atoms. The van der Waals surface area contributed by atoms with Gasteiger partial charge in [0.15, 0.2) is 0 Å². The summed E-state index contributed by atoms with van der Waals surface area (Å²) < 4.78 is 0. The summed E-state index contributed by atoms with van der Waals surface area (Å²) in [6.45, 7) is 7.12. The Balaban J connectivity index is 3.70. The van der Waals surface area contributed by atoms with Crippen LogP contribution in [0.15, 0.2) is 23.9 Å². The van der Waals surface area contributed by atoms with Gasteiger partial charge in [0.1, 0.15) is 0 Å². The van der Waals surface area contributed by atoms with Crippen molar-refractivity contribution in [2.45, 2.75) is 20.8 Å². The highest BCUT2D eigenvalue weighted by Gasteiger charge is 1.81. The summed E-state index contributed by atoms with van der Waals surface area (Å²) in [5.41, 5.74) is 1.19. The Labute approximate surface area is 57.5 Å². The fourth-order valence-electron chi connectivity index (χ4n) is 0.641. The Morgan fingerprint density at radius 1 is 1.44 bits per heavy atom. The number of allylic oxidation sites excluding steroid dienone is 3. The Morgan fingerprint density at radius 3 is 2.44 bits per heavy atom. The molecule has 0 saturated carbocycles. The van der Waals surface area contributed by atoms with Gasteiger partial charge in [-0.1, -0.05) is 12.2 Å². The molecule has 0 aromatic carbocycles. The Kier molecular flexibility index (Phi) is 4.98. The molecule has 0 fully saturated rings. The Hall–Kier alpha value is -0.720. The van der Waals surface area contributed by atoms with Gasteiger partial charge in [-0.2, -0.15) is 0 Å². The van der Waals surface area contributed by atoms with Gasteiger partial charge >= 0.3 is 0 Å². The van der Waals surface area contributed by atoms with Crippen LogP contribution in [0.5, 0.6) is 0 Å². The molecule has 9 heavy (non-hydrogen) atoms. The third-order valence-corrected chi connectivity index (χ3v) is 1.04. The highest BCUT2D eigenvalue weighted by molar-refractivity contribution is 5.14. The molecule has 0 aromatic heterocycles. The van der Waals surface area contributed by atoms with E-state index in [1.807, 2.05) is 19.9 Å². The molecule has 0 aliphatic rings. The van der Waals surface area contributed by atoms with Crippen LogP contribution in [0.3, 0.4) is 0 Å². The predicted molar refractivity (Wildman–Crippen MR) is 42.2 cm³/mol. The summed E-state index contributed by atoms with van der Waals surface area (Å²) >= 11 is 0. The van der Waals surface area contributed by atoms with Crippen LogP contribution >= 0.6 is 0 Å². The van der Waals surface area contributed by atoms with E-state index in [0.717, 1.165) is 6.54 Å². The zero-order chi connectivity index (χ0) is 7.11. The van der Waals surface area contributed by atoms with Crippen molar-refractivity contribution in [3.8, 4) is 0 Å². The predicted octanol–water partition coefficient (Wildman–Crippen LogP) is 2.08. The van der Waals surface area contributed by atoms with Crippen molar-refractivity contribution in [1.82, 2.24) is 5.32 Å². The third-order valence-electron chi connectivity index (χ3n) is 1.04. The van der Waals surface area contributed by atoms with Gasteiger partial charge in [0.05, 0.1) is 0 Å². The van der Waals surface area contributed by atoms with Crippen LogP contribution in [0, 0.1) is 0 Å². The van der Waals surface area contributed by atoms with Gasteiger partial charge < -0.3 is 5.32 Å². The lowest BCUT2D eigenvalue weighted by Crippen LogP contribution is -2.09. The van der Waals surface area contributed by atoms with E-state index in [1.165, 1.54) is 5.70 Å². The lowest BCUT2D eigenvalue weighted by molar-refractivity contribution is 0.876. The standard InChI is InChI=1S/C8H15N/c1-4-7-8(5-2)9-6-3/h4-5,7,9H,6H2,1-3H3/b7-4-,8-5-. The Bertz CT molecular complexity index is 112. The van der Waals surface area contributed by atoms with Gasteiger partial charge in [0.2, 0.25) is 0 Å². The minimum absolute atomic E-state index is 0.990. The second-order valence-corrected chi connectivity index (χ2v) is 1.77. The van der Waals surface area contributed by atoms with Crippen molar-refractivity contribution >= 4 is 0 Å². The summed E-state index contributed by atoms with van der Waals surface area (Å²) in [5, 5.41) is 3.21. The Morgan fingerprint density at radius 2 is 2.11 bits per heavy atom. The molecule has 1 heteroatoms. The number of rotatable bonds is 3. The lowest BCUT2D eigenvalue weighted by atomic mass is 10.3. The van der Waals surface area contributed by atoms with Crippen molar-refractivity contribution in [3.05, 3.63) is 23.9 Å². The number of hydrogen-bond donors (Lipinski definition) is 1. The van der Waals surface area contributed by atoms with E-state index in [1.54, 1.807) is 0 Å². The monoisotopic (exact) mass is 125 g/mol.